The number of ketones is 1. The van der Waals surface area contributed by atoms with Crippen molar-refractivity contribution in [3.8, 4) is 5.75 Å². The molecule has 0 N–H and O–H groups in total. The van der Waals surface area contributed by atoms with Crippen LogP contribution in [0.1, 0.15) is 31.7 Å². The van der Waals surface area contributed by atoms with E-state index in [1.807, 2.05) is 31.2 Å². The normalized spacial score (nSPS) is 10.2. The molecule has 0 atom stereocenters. The van der Waals surface area contributed by atoms with E-state index in [0.717, 1.165) is 17.7 Å². The number of hydrogen-bond acceptors (Lipinski definition) is 3. The average Bonchev–Trinajstić information content (AvgIpc) is 2.35. The summed E-state index contributed by atoms with van der Waals surface area (Å²) in [6.07, 6.45) is 2.00. The van der Waals surface area contributed by atoms with Crippen LogP contribution in [0.4, 0.5) is 0 Å². The number of methoxy groups -OCH3 is 1. The molecule has 94 valence electrons. The molecule has 3 nitrogen and oxygen atoms in total. The lowest BCUT2D eigenvalue weighted by molar-refractivity contribution is -0.118. The maximum absolute atomic E-state index is 11.1. The molecule has 0 bridgehead atoms. The van der Waals surface area contributed by atoms with Crippen LogP contribution in [0.3, 0.4) is 0 Å². The molecule has 0 fully saturated rings. The lowest BCUT2D eigenvalue weighted by Gasteiger charge is -2.07. The number of ether oxygens (including phenoxy) is 2. The van der Waals surface area contributed by atoms with Crippen molar-refractivity contribution >= 4 is 5.78 Å². The van der Waals surface area contributed by atoms with Crippen LogP contribution in [0, 0.1) is 0 Å². The van der Waals surface area contributed by atoms with Gasteiger partial charge in [-0.15, -0.1) is 0 Å². The molecular formula is C14H20O3. The fourth-order valence-corrected chi connectivity index (χ4v) is 1.53. The molecule has 0 unspecified atom stereocenters. The summed E-state index contributed by atoms with van der Waals surface area (Å²) in [7, 11) is 1.67. The van der Waals surface area contributed by atoms with Crippen molar-refractivity contribution in [2.24, 2.45) is 0 Å². The van der Waals surface area contributed by atoms with Crippen LogP contribution < -0.4 is 4.74 Å². The Morgan fingerprint density at radius 1 is 1.35 bits per heavy atom. The summed E-state index contributed by atoms with van der Waals surface area (Å²) in [6.45, 7) is 3.06. The Morgan fingerprint density at radius 3 is 2.88 bits per heavy atom. The van der Waals surface area contributed by atoms with Crippen molar-refractivity contribution in [1.29, 1.82) is 0 Å². The molecule has 0 saturated heterocycles. The first-order chi connectivity index (χ1) is 8.26. The molecule has 0 amide bonds. The highest BCUT2D eigenvalue weighted by atomic mass is 16.5. The van der Waals surface area contributed by atoms with E-state index in [2.05, 4.69) is 0 Å². The number of benzene rings is 1. The van der Waals surface area contributed by atoms with E-state index >= 15 is 0 Å². The van der Waals surface area contributed by atoms with E-state index in [0.29, 0.717) is 31.8 Å². The van der Waals surface area contributed by atoms with Crippen LogP contribution in [-0.2, 0) is 16.1 Å². The smallest absolute Gasteiger partial charge is 0.132 e. The van der Waals surface area contributed by atoms with Crippen molar-refractivity contribution in [2.75, 3.05) is 13.7 Å². The topological polar surface area (TPSA) is 35.5 Å². The van der Waals surface area contributed by atoms with Gasteiger partial charge in [-0.2, -0.15) is 0 Å². The summed E-state index contributed by atoms with van der Waals surface area (Å²) in [4.78, 5) is 11.1. The third-order valence-electron chi connectivity index (χ3n) is 2.47. The molecule has 0 aliphatic carbocycles. The van der Waals surface area contributed by atoms with Gasteiger partial charge in [0.05, 0.1) is 13.2 Å². The van der Waals surface area contributed by atoms with E-state index in [1.165, 1.54) is 0 Å². The maximum atomic E-state index is 11.1. The van der Waals surface area contributed by atoms with Crippen molar-refractivity contribution in [1.82, 2.24) is 0 Å². The first-order valence-electron chi connectivity index (χ1n) is 5.98. The van der Waals surface area contributed by atoms with Gasteiger partial charge in [0.2, 0.25) is 0 Å². The zero-order valence-corrected chi connectivity index (χ0v) is 10.6. The second-order valence-electron chi connectivity index (χ2n) is 3.92. The van der Waals surface area contributed by atoms with Gasteiger partial charge >= 0.3 is 0 Å². The Balaban J connectivity index is 2.31. The summed E-state index contributed by atoms with van der Waals surface area (Å²) in [5.41, 5.74) is 1.09. The van der Waals surface area contributed by atoms with Gasteiger partial charge in [0, 0.05) is 20.0 Å². The van der Waals surface area contributed by atoms with Gasteiger partial charge in [0.1, 0.15) is 11.5 Å². The zero-order valence-electron chi connectivity index (χ0n) is 10.6. The summed E-state index contributed by atoms with van der Waals surface area (Å²) >= 11 is 0. The molecule has 0 spiro atoms. The number of rotatable bonds is 8. The van der Waals surface area contributed by atoms with Crippen LogP contribution in [0.25, 0.3) is 0 Å². The summed E-state index contributed by atoms with van der Waals surface area (Å²) < 4.78 is 10.6. The molecule has 0 saturated carbocycles. The fraction of sp³-hybridized carbons (Fsp3) is 0.500. The van der Waals surface area contributed by atoms with Gasteiger partial charge in [0.25, 0.3) is 0 Å². The van der Waals surface area contributed by atoms with Crippen LogP contribution in [0.5, 0.6) is 5.75 Å². The third-order valence-corrected chi connectivity index (χ3v) is 2.47. The molecule has 0 aliphatic heterocycles. The molecule has 1 aromatic rings. The number of carbonyl (C=O) groups excluding carboxylic acids is 1. The van der Waals surface area contributed by atoms with Crippen LogP contribution in [0.2, 0.25) is 0 Å². The van der Waals surface area contributed by atoms with Gasteiger partial charge in [-0.1, -0.05) is 19.1 Å². The molecule has 1 rings (SSSR count). The van der Waals surface area contributed by atoms with Crippen LogP contribution in [0.15, 0.2) is 24.3 Å². The first-order valence-corrected chi connectivity index (χ1v) is 5.98. The van der Waals surface area contributed by atoms with Crippen LogP contribution in [-0.4, -0.2) is 19.5 Å². The van der Waals surface area contributed by atoms with Gasteiger partial charge in [-0.25, -0.2) is 0 Å². The molecule has 0 radical (unpaired) electrons. The number of Topliss-reactive ketones (excluding diaryl/α,β-unsaturated/α-hetero) is 1. The van der Waals surface area contributed by atoms with Crippen molar-refractivity contribution in [2.45, 2.75) is 32.8 Å². The fourth-order valence-electron chi connectivity index (χ4n) is 1.53. The number of carbonyl (C=O) groups is 1. The Kier molecular flexibility index (Phi) is 6.33. The van der Waals surface area contributed by atoms with E-state index in [9.17, 15) is 4.79 Å². The molecule has 0 heterocycles. The van der Waals surface area contributed by atoms with Crippen molar-refractivity contribution in [3.05, 3.63) is 29.8 Å². The SMILES string of the molecule is CCC(=O)CCCOc1cccc(COC)c1. The predicted octanol–water partition coefficient (Wildman–Crippen LogP) is 2.97. The van der Waals surface area contributed by atoms with Gasteiger partial charge in [-0.05, 0) is 24.1 Å². The van der Waals surface area contributed by atoms with Crippen molar-refractivity contribution < 1.29 is 14.3 Å². The molecular weight excluding hydrogens is 216 g/mol. The molecule has 3 heteroatoms. The minimum absolute atomic E-state index is 0.293. The lowest BCUT2D eigenvalue weighted by atomic mass is 10.2. The second-order valence-corrected chi connectivity index (χ2v) is 3.92. The highest BCUT2D eigenvalue weighted by Crippen LogP contribution is 2.14. The highest BCUT2D eigenvalue weighted by Gasteiger charge is 1.99. The summed E-state index contributed by atoms with van der Waals surface area (Å²) in [5.74, 6) is 1.13. The largest absolute Gasteiger partial charge is 0.494 e. The maximum Gasteiger partial charge on any atom is 0.132 e. The lowest BCUT2D eigenvalue weighted by Crippen LogP contribution is -2.02. The number of hydrogen-bond donors (Lipinski definition) is 0. The second kappa shape index (κ2) is 7.85. The Bertz CT molecular complexity index is 347. The summed E-state index contributed by atoms with van der Waals surface area (Å²) in [6, 6.07) is 7.82. The van der Waals surface area contributed by atoms with Gasteiger partial charge in [0.15, 0.2) is 0 Å². The van der Waals surface area contributed by atoms with Gasteiger partial charge in [-0.3, -0.25) is 4.79 Å². The van der Waals surface area contributed by atoms with E-state index < -0.39 is 0 Å². The van der Waals surface area contributed by atoms with E-state index in [4.69, 9.17) is 9.47 Å². The zero-order chi connectivity index (χ0) is 12.5. The third kappa shape index (κ3) is 5.50. The minimum atomic E-state index is 0.293. The van der Waals surface area contributed by atoms with Gasteiger partial charge < -0.3 is 9.47 Å². The van der Waals surface area contributed by atoms with E-state index in [1.54, 1.807) is 7.11 Å². The quantitative estimate of drug-likeness (QED) is 0.651. The van der Waals surface area contributed by atoms with Crippen molar-refractivity contribution in [3.63, 3.8) is 0 Å². The Morgan fingerprint density at radius 2 is 2.18 bits per heavy atom. The molecule has 0 aromatic heterocycles. The molecule has 0 aliphatic rings. The predicted molar refractivity (Wildman–Crippen MR) is 67.2 cm³/mol. The standard InChI is InChI=1S/C14H20O3/c1-3-13(15)7-5-9-17-14-8-4-6-12(10-14)11-16-2/h4,6,8,10H,3,5,7,9,11H2,1-2H3. The highest BCUT2D eigenvalue weighted by molar-refractivity contribution is 5.77. The molecule has 1 aromatic carbocycles. The first kappa shape index (κ1) is 13.7. The van der Waals surface area contributed by atoms with Crippen LogP contribution >= 0.6 is 0 Å². The Hall–Kier alpha value is -1.35. The van der Waals surface area contributed by atoms with E-state index in [-0.39, 0.29) is 0 Å². The summed E-state index contributed by atoms with van der Waals surface area (Å²) in [5, 5.41) is 0. The minimum Gasteiger partial charge on any atom is -0.494 e. The monoisotopic (exact) mass is 236 g/mol. The average molecular weight is 236 g/mol. The Labute approximate surface area is 103 Å². The molecule has 17 heavy (non-hydrogen) atoms.